The van der Waals surface area contributed by atoms with E-state index in [1.54, 1.807) is 6.07 Å². The van der Waals surface area contributed by atoms with Crippen molar-refractivity contribution >= 4 is 51.0 Å². The third kappa shape index (κ3) is 4.27. The molecule has 0 unspecified atom stereocenters. The van der Waals surface area contributed by atoms with E-state index in [0.717, 1.165) is 16.2 Å². The van der Waals surface area contributed by atoms with Crippen molar-refractivity contribution in [1.29, 1.82) is 0 Å². The molecule has 0 aliphatic heterocycles. The number of aliphatic hydroxyl groups excluding tert-OH is 1. The molecule has 0 aliphatic carbocycles. The molecular formula is C15H13ClN4O5S2. The number of nitrogens with one attached hydrogen (secondary N) is 2. The minimum atomic E-state index is -0.825. The maximum absolute atomic E-state index is 12.4. The van der Waals surface area contributed by atoms with Crippen LogP contribution in [0.5, 0.6) is 5.75 Å². The molecule has 12 heteroatoms. The third-order valence-electron chi connectivity index (χ3n) is 3.22. The zero-order valence-electron chi connectivity index (χ0n) is 13.8. The first-order valence-corrected chi connectivity index (χ1v) is 9.56. The number of amides is 1. The smallest absolute Gasteiger partial charge is 0.381 e. The first-order valence-electron chi connectivity index (χ1n) is 7.48. The fraction of sp³-hybridized carbons (Fsp3) is 0.200. The summed E-state index contributed by atoms with van der Waals surface area (Å²) in [6.45, 7) is 0.00591. The summed E-state index contributed by atoms with van der Waals surface area (Å²) < 4.78 is 9.96. The Labute approximate surface area is 165 Å². The Morgan fingerprint density at radius 2 is 2.26 bits per heavy atom. The van der Waals surface area contributed by atoms with Crippen LogP contribution in [0.4, 0.5) is 10.8 Å². The number of carbonyl (C=O) groups excluding carboxylic acids is 1. The minimum absolute atomic E-state index is 0.0921. The molecule has 3 rings (SSSR count). The molecule has 0 atom stereocenters. The van der Waals surface area contributed by atoms with Crippen molar-refractivity contribution in [2.75, 3.05) is 30.9 Å². The summed E-state index contributed by atoms with van der Waals surface area (Å²) in [7, 11) is 1.30. The summed E-state index contributed by atoms with van der Waals surface area (Å²) in [6.07, 6.45) is 0. The maximum atomic E-state index is 12.4. The topological polar surface area (TPSA) is 127 Å². The molecule has 142 valence electrons. The molecule has 0 fully saturated rings. The molecule has 0 radical (unpaired) electrons. The van der Waals surface area contributed by atoms with Gasteiger partial charge in [0, 0.05) is 12.6 Å². The number of nitrogens with zero attached hydrogens (tertiary/aromatic N) is 2. The molecular weight excluding hydrogens is 416 g/mol. The summed E-state index contributed by atoms with van der Waals surface area (Å²) in [4.78, 5) is 25.2. The number of ether oxygens (including phenoxy) is 1. The van der Waals surface area contributed by atoms with Crippen LogP contribution < -0.4 is 21.0 Å². The standard InChI is InChI=1S/C15H13ClN4O5S2/c1-24-10-8(17-3-4-21)6-9(25-14(10)23)12(22)18-15-20-19-13(27-15)11-7(16)2-5-26-11/h2,5-6,17,21H,3-4H2,1H3,(H,18,20,22). The summed E-state index contributed by atoms with van der Waals surface area (Å²) >= 11 is 8.61. The fourth-order valence-electron chi connectivity index (χ4n) is 2.08. The van der Waals surface area contributed by atoms with Crippen molar-refractivity contribution < 1.29 is 19.1 Å². The second kappa shape index (κ2) is 8.48. The van der Waals surface area contributed by atoms with E-state index in [1.165, 1.54) is 24.5 Å². The molecule has 1 amide bonds. The number of hydrogen-bond acceptors (Lipinski definition) is 10. The zero-order chi connectivity index (χ0) is 19.4. The van der Waals surface area contributed by atoms with Gasteiger partial charge in [0.25, 0.3) is 5.91 Å². The average Bonchev–Trinajstić information content (AvgIpc) is 3.28. The van der Waals surface area contributed by atoms with Crippen LogP contribution >= 0.6 is 34.3 Å². The monoisotopic (exact) mass is 428 g/mol. The number of aromatic nitrogens is 2. The first kappa shape index (κ1) is 19.3. The molecule has 0 saturated heterocycles. The summed E-state index contributed by atoms with van der Waals surface area (Å²) in [5, 5.41) is 25.3. The molecule has 0 aromatic carbocycles. The lowest BCUT2D eigenvalue weighted by Gasteiger charge is -2.10. The van der Waals surface area contributed by atoms with Crippen molar-refractivity contribution in [2.45, 2.75) is 0 Å². The molecule has 3 aromatic heterocycles. The Hall–Kier alpha value is -2.47. The van der Waals surface area contributed by atoms with Crippen LogP contribution in [0.1, 0.15) is 10.6 Å². The lowest BCUT2D eigenvalue weighted by Crippen LogP contribution is -2.18. The quantitative estimate of drug-likeness (QED) is 0.524. The van der Waals surface area contributed by atoms with Crippen molar-refractivity contribution in [2.24, 2.45) is 0 Å². The van der Waals surface area contributed by atoms with Crippen molar-refractivity contribution in [3.05, 3.63) is 38.7 Å². The number of methoxy groups -OCH3 is 1. The molecule has 9 nitrogen and oxygen atoms in total. The molecule has 0 aliphatic rings. The number of rotatable bonds is 7. The zero-order valence-corrected chi connectivity index (χ0v) is 16.2. The van der Waals surface area contributed by atoms with Crippen LogP contribution in [-0.2, 0) is 0 Å². The lowest BCUT2D eigenvalue weighted by molar-refractivity contribution is 0.0991. The fourth-order valence-corrected chi connectivity index (χ4v) is 4.12. The highest BCUT2D eigenvalue weighted by atomic mass is 35.5. The second-order valence-electron chi connectivity index (χ2n) is 4.96. The molecule has 0 spiro atoms. The van der Waals surface area contributed by atoms with Gasteiger partial charge in [-0.05, 0) is 11.4 Å². The number of anilines is 2. The highest BCUT2D eigenvalue weighted by molar-refractivity contribution is 7.23. The Balaban J connectivity index is 1.82. The van der Waals surface area contributed by atoms with E-state index in [-0.39, 0.29) is 35.5 Å². The van der Waals surface area contributed by atoms with Gasteiger partial charge < -0.3 is 19.6 Å². The lowest BCUT2D eigenvalue weighted by atomic mass is 10.3. The Bertz CT molecular complexity index is 1020. The minimum Gasteiger partial charge on any atom is -0.488 e. The van der Waals surface area contributed by atoms with E-state index < -0.39 is 11.5 Å². The van der Waals surface area contributed by atoms with Gasteiger partial charge in [0.15, 0.2) is 10.8 Å². The number of halogens is 1. The van der Waals surface area contributed by atoms with Crippen LogP contribution in [-0.4, -0.2) is 41.5 Å². The highest BCUT2D eigenvalue weighted by Gasteiger charge is 2.19. The summed E-state index contributed by atoms with van der Waals surface area (Å²) in [5.74, 6) is -1.01. The van der Waals surface area contributed by atoms with Gasteiger partial charge in [-0.3, -0.25) is 10.1 Å². The molecule has 0 bridgehead atoms. The van der Waals surface area contributed by atoms with Gasteiger partial charge in [0.1, 0.15) is 0 Å². The van der Waals surface area contributed by atoms with Gasteiger partial charge in [-0.1, -0.05) is 22.9 Å². The second-order valence-corrected chi connectivity index (χ2v) is 7.26. The normalized spacial score (nSPS) is 10.6. The van der Waals surface area contributed by atoms with Crippen molar-refractivity contribution in [1.82, 2.24) is 10.2 Å². The Morgan fingerprint density at radius 1 is 1.44 bits per heavy atom. The van der Waals surface area contributed by atoms with E-state index in [4.69, 9.17) is 25.9 Å². The maximum Gasteiger partial charge on any atom is 0.381 e. The van der Waals surface area contributed by atoms with Gasteiger partial charge in [-0.15, -0.1) is 21.5 Å². The van der Waals surface area contributed by atoms with Crippen LogP contribution in [0.2, 0.25) is 5.02 Å². The van der Waals surface area contributed by atoms with E-state index in [1.807, 2.05) is 5.38 Å². The SMILES string of the molecule is COc1c(NCCO)cc(C(=O)Nc2nnc(-c3sccc3Cl)s2)oc1=O. The first-order chi connectivity index (χ1) is 13.0. The Kier molecular flexibility index (Phi) is 6.06. The van der Waals surface area contributed by atoms with E-state index in [2.05, 4.69) is 20.8 Å². The van der Waals surface area contributed by atoms with Crippen LogP contribution in [0.25, 0.3) is 9.88 Å². The number of thiophene rings is 1. The van der Waals surface area contributed by atoms with Crippen LogP contribution in [0.3, 0.4) is 0 Å². The molecule has 27 heavy (non-hydrogen) atoms. The van der Waals surface area contributed by atoms with Gasteiger partial charge >= 0.3 is 5.63 Å². The van der Waals surface area contributed by atoms with Gasteiger partial charge in [-0.2, -0.15) is 0 Å². The Morgan fingerprint density at radius 3 is 2.93 bits per heavy atom. The van der Waals surface area contributed by atoms with Gasteiger partial charge in [-0.25, -0.2) is 4.79 Å². The summed E-state index contributed by atoms with van der Waals surface area (Å²) in [6, 6.07) is 3.05. The molecule has 3 N–H and O–H groups in total. The van der Waals surface area contributed by atoms with Crippen LogP contribution in [0, 0.1) is 0 Å². The van der Waals surface area contributed by atoms with E-state index >= 15 is 0 Å². The number of carbonyl (C=O) groups is 1. The van der Waals surface area contributed by atoms with Crippen molar-refractivity contribution in [3.8, 4) is 15.6 Å². The molecule has 3 aromatic rings. The highest BCUT2D eigenvalue weighted by Crippen LogP contribution is 2.36. The largest absolute Gasteiger partial charge is 0.488 e. The summed E-state index contributed by atoms with van der Waals surface area (Å²) in [5.41, 5.74) is -0.592. The number of hydrogen-bond donors (Lipinski definition) is 3. The van der Waals surface area contributed by atoms with Crippen LogP contribution in [0.15, 0.2) is 26.7 Å². The predicted molar refractivity (Wildman–Crippen MR) is 103 cm³/mol. The van der Waals surface area contributed by atoms with E-state index in [0.29, 0.717) is 10.0 Å². The average molecular weight is 429 g/mol. The third-order valence-corrected chi connectivity index (χ3v) is 5.55. The molecule has 3 heterocycles. The molecule has 0 saturated carbocycles. The van der Waals surface area contributed by atoms with Gasteiger partial charge in [0.2, 0.25) is 10.9 Å². The van der Waals surface area contributed by atoms with E-state index in [9.17, 15) is 9.59 Å². The predicted octanol–water partition coefficient (Wildman–Crippen LogP) is 2.54. The number of aliphatic hydroxyl groups is 1. The van der Waals surface area contributed by atoms with Gasteiger partial charge in [0.05, 0.1) is 29.3 Å². The van der Waals surface area contributed by atoms with Crippen molar-refractivity contribution in [3.63, 3.8) is 0 Å².